The van der Waals surface area contributed by atoms with Gasteiger partial charge in [-0.05, 0) is 60.0 Å². The maximum atomic E-state index is 14.3. The van der Waals surface area contributed by atoms with Crippen LogP contribution in [0.4, 0.5) is 0 Å². The molecule has 12 heteroatoms. The molecule has 0 unspecified atom stereocenters. The summed E-state index contributed by atoms with van der Waals surface area (Å²) >= 11 is 0. The molecule has 0 bridgehead atoms. The third-order valence-corrected chi connectivity index (χ3v) is 18.7. The number of nitrogens with zero attached hydrogens (tertiary/aromatic N) is 2. The van der Waals surface area contributed by atoms with Gasteiger partial charge < -0.3 is 34.4 Å². The number of carbonyl (C=O) groups excluding carboxylic acids is 2. The van der Waals surface area contributed by atoms with E-state index in [0.717, 1.165) is 31.8 Å². The van der Waals surface area contributed by atoms with Crippen LogP contribution in [0.3, 0.4) is 0 Å². The van der Waals surface area contributed by atoms with E-state index in [0.29, 0.717) is 12.8 Å². The molecule has 2 aliphatic heterocycles. The van der Waals surface area contributed by atoms with Crippen molar-refractivity contribution in [1.29, 1.82) is 0 Å². The first kappa shape index (κ1) is 52.2. The molecule has 4 N–H and O–H groups in total. The van der Waals surface area contributed by atoms with Crippen molar-refractivity contribution < 1.29 is 44.2 Å². The number of hydrogen-bond donors (Lipinski definition) is 4. The summed E-state index contributed by atoms with van der Waals surface area (Å²) in [5.74, 6) is -1.99. The SMILES string of the molecule is CC[C@H]1OC(=O)[C@H](C)C[C@H](C)[C@@H](O[C@@H]2O[C@H](C)C[C@H](N(C)C)[C@H]2O)[C@](C)(O)C[C@@H](C)CN(C(=O)CCCCCCC[PH](C)(c2ccccc2)c2ccccc2)[C@H](C)[C@@H](O)[C@]1(C)O. The van der Waals surface area contributed by atoms with Gasteiger partial charge in [-0.3, -0.25) is 4.79 Å². The van der Waals surface area contributed by atoms with Crippen molar-refractivity contribution >= 4 is 29.7 Å². The summed E-state index contributed by atoms with van der Waals surface area (Å²) in [4.78, 5) is 31.6. The molecule has 13 atom stereocenters. The van der Waals surface area contributed by atoms with Crippen LogP contribution in [0.25, 0.3) is 0 Å². The Morgan fingerprint density at radius 2 is 1.45 bits per heavy atom. The smallest absolute Gasteiger partial charge is 0.383 e. The van der Waals surface area contributed by atoms with Crippen molar-refractivity contribution in [3.63, 3.8) is 0 Å². The second kappa shape index (κ2) is 23.1. The number of benzene rings is 2. The molecule has 0 aliphatic carbocycles. The van der Waals surface area contributed by atoms with Gasteiger partial charge in [0.1, 0.15) is 12.2 Å². The fourth-order valence-corrected chi connectivity index (χ4v) is 14.1. The van der Waals surface area contributed by atoms with Crippen LogP contribution >= 0.6 is 7.26 Å². The molecule has 0 spiro atoms. The Morgan fingerprint density at radius 3 is 2.02 bits per heavy atom. The molecule has 2 aromatic rings. The summed E-state index contributed by atoms with van der Waals surface area (Å²) < 4.78 is 18.7. The number of ether oxygens (including phenoxy) is 3. The molecule has 62 heavy (non-hydrogen) atoms. The third-order valence-electron chi connectivity index (χ3n) is 14.1. The fraction of sp³-hybridized carbons (Fsp3) is 0.720. The average molecular weight is 887 g/mol. The average Bonchev–Trinajstić information content (AvgIpc) is 3.23. The number of carbonyl (C=O) groups is 2. The zero-order chi connectivity index (χ0) is 46.0. The van der Waals surface area contributed by atoms with Gasteiger partial charge >= 0.3 is 207 Å². The van der Waals surface area contributed by atoms with E-state index in [2.05, 4.69) is 67.3 Å². The first-order chi connectivity index (χ1) is 29.1. The van der Waals surface area contributed by atoms with Gasteiger partial charge in [0.15, 0.2) is 6.29 Å². The summed E-state index contributed by atoms with van der Waals surface area (Å²) in [6.45, 7) is 16.9. The molecule has 11 nitrogen and oxygen atoms in total. The van der Waals surface area contributed by atoms with Crippen molar-refractivity contribution in [2.75, 3.05) is 33.5 Å². The molecule has 0 radical (unpaired) electrons. The minimum Gasteiger partial charge on any atom is -0.383 e. The van der Waals surface area contributed by atoms with Gasteiger partial charge in [0, 0.05) is 6.04 Å². The molecule has 2 aliphatic rings. The fourth-order valence-electron chi connectivity index (χ4n) is 10.4. The number of cyclic esters (lactones) is 1. The molecule has 4 rings (SSSR count). The summed E-state index contributed by atoms with van der Waals surface area (Å²) in [7, 11) is 1.90. The van der Waals surface area contributed by atoms with Crippen LogP contribution in [0.2, 0.25) is 0 Å². The van der Waals surface area contributed by atoms with E-state index in [1.807, 2.05) is 39.8 Å². The van der Waals surface area contributed by atoms with Gasteiger partial charge in [-0.25, -0.2) is 0 Å². The summed E-state index contributed by atoms with van der Waals surface area (Å²) in [5, 5.41) is 50.5. The van der Waals surface area contributed by atoms with Gasteiger partial charge in [-0.1, -0.05) is 20.8 Å². The number of hydrogen-bond acceptors (Lipinski definition) is 10. The summed E-state index contributed by atoms with van der Waals surface area (Å²) in [5.41, 5.74) is -3.34. The third kappa shape index (κ3) is 13.3. The predicted octanol–water partition coefficient (Wildman–Crippen LogP) is 6.27. The van der Waals surface area contributed by atoms with Gasteiger partial charge in [0.2, 0.25) is 0 Å². The zero-order valence-electron chi connectivity index (χ0n) is 39.8. The standard InChI is InChI=1S/C50H83N2O9P/c1-12-42-50(8,58)45(55)38(6)52(43(53)28-22-14-13-15-23-29-62(11,39-24-18-16-19-25-39)40-26-20-17-21-27-40)33-34(2)32-49(7,57)46(35(3)30-36(4)47(56)60-42)61-48-44(54)41(51(9)10)31-37(5)59-48/h16-21,24-27,34-38,41-42,44-46,48,54-55,57-58,62H,12-15,22-23,28-33H2,1-11H3/t34-,35+,36-,37-,38-,41+,42-,44-,45-,46-,48+,49-,50-/m1/s1. The Kier molecular flexibility index (Phi) is 19.5. The minimum atomic E-state index is -1.91. The van der Waals surface area contributed by atoms with Crippen LogP contribution in [0.5, 0.6) is 0 Å². The van der Waals surface area contributed by atoms with E-state index >= 15 is 0 Å². The van der Waals surface area contributed by atoms with E-state index in [1.54, 1.807) is 32.6 Å². The van der Waals surface area contributed by atoms with Crippen LogP contribution in [0.1, 0.15) is 120 Å². The van der Waals surface area contributed by atoms with Gasteiger partial charge in [0.05, 0.1) is 23.7 Å². The number of aliphatic hydroxyl groups is 4. The Morgan fingerprint density at radius 1 is 0.887 bits per heavy atom. The van der Waals surface area contributed by atoms with E-state index in [1.165, 1.54) is 17.5 Å². The summed E-state index contributed by atoms with van der Waals surface area (Å²) in [6, 6.07) is 20.7. The Hall–Kier alpha value is -2.47. The van der Waals surface area contributed by atoms with E-state index < -0.39 is 73.0 Å². The van der Waals surface area contributed by atoms with Gasteiger partial charge in [-0.2, -0.15) is 0 Å². The molecule has 0 saturated carbocycles. The zero-order valence-corrected chi connectivity index (χ0v) is 40.8. The van der Waals surface area contributed by atoms with E-state index in [9.17, 15) is 30.0 Å². The molecule has 2 saturated heterocycles. The van der Waals surface area contributed by atoms with Crippen LogP contribution in [-0.4, -0.2) is 136 Å². The van der Waals surface area contributed by atoms with Crippen molar-refractivity contribution in [2.45, 2.75) is 180 Å². The van der Waals surface area contributed by atoms with Crippen LogP contribution in [0, 0.1) is 17.8 Å². The Labute approximate surface area is 374 Å². The van der Waals surface area contributed by atoms with Crippen molar-refractivity contribution in [2.24, 2.45) is 17.8 Å². The quantitative estimate of drug-likeness (QED) is 0.0972. The molecule has 352 valence electrons. The normalized spacial score (nSPS) is 34.9. The van der Waals surface area contributed by atoms with Crippen molar-refractivity contribution in [1.82, 2.24) is 9.80 Å². The molecule has 2 heterocycles. The second-order valence-electron chi connectivity index (χ2n) is 20.0. The van der Waals surface area contributed by atoms with Crippen molar-refractivity contribution in [3.8, 4) is 0 Å². The topological polar surface area (TPSA) is 149 Å². The second-order valence-corrected chi connectivity index (χ2v) is 24.4. The number of rotatable bonds is 14. The monoisotopic (exact) mass is 887 g/mol. The Bertz CT molecular complexity index is 1620. The van der Waals surface area contributed by atoms with Crippen LogP contribution in [-0.2, 0) is 23.8 Å². The van der Waals surface area contributed by atoms with E-state index in [4.69, 9.17) is 14.2 Å². The number of unbranched alkanes of at least 4 members (excludes halogenated alkanes) is 4. The molecule has 2 aromatic carbocycles. The molecule has 1 amide bonds. The number of amides is 1. The molecular weight excluding hydrogens is 804 g/mol. The molecular formula is C50H83N2O9P. The summed E-state index contributed by atoms with van der Waals surface area (Å²) in [6.07, 6.45) is 2.00. The van der Waals surface area contributed by atoms with Gasteiger partial charge in [-0.15, -0.1) is 0 Å². The number of likely N-dealkylation sites (N-methyl/N-ethyl adjacent to an activating group) is 1. The molecule has 0 aromatic heterocycles. The predicted molar refractivity (Wildman–Crippen MR) is 252 cm³/mol. The van der Waals surface area contributed by atoms with Gasteiger partial charge in [0.25, 0.3) is 0 Å². The van der Waals surface area contributed by atoms with Crippen LogP contribution in [0.15, 0.2) is 60.7 Å². The van der Waals surface area contributed by atoms with E-state index in [-0.39, 0.29) is 56.2 Å². The molecule has 2 fully saturated rings. The maximum absolute atomic E-state index is 14.3. The number of esters is 1. The Balaban J connectivity index is 1.51. The first-order valence-electron chi connectivity index (χ1n) is 23.5. The number of aliphatic hydroxyl groups excluding tert-OH is 2. The van der Waals surface area contributed by atoms with Crippen LogP contribution < -0.4 is 10.6 Å². The minimum absolute atomic E-state index is 0.140. The van der Waals surface area contributed by atoms with Crippen molar-refractivity contribution in [3.05, 3.63) is 60.7 Å². The first-order valence-corrected chi connectivity index (χ1v) is 26.2.